The van der Waals surface area contributed by atoms with Gasteiger partial charge in [0, 0.05) is 24.0 Å². The number of likely N-dealkylation sites (N-methyl/N-ethyl adjacent to an activating group) is 1. The molecule has 2 aromatic rings. The number of likely N-dealkylation sites (tertiary alicyclic amines) is 2. The Labute approximate surface area is 167 Å². The van der Waals surface area contributed by atoms with Crippen LogP contribution in [0.15, 0.2) is 48.9 Å². The molecule has 4 rings (SSSR count). The van der Waals surface area contributed by atoms with Crippen LogP contribution in [0.25, 0.3) is 0 Å². The number of hydrogen-bond donors (Lipinski definition) is 0. The van der Waals surface area contributed by atoms with E-state index in [9.17, 15) is 4.79 Å². The van der Waals surface area contributed by atoms with E-state index in [2.05, 4.69) is 58.0 Å². The van der Waals surface area contributed by atoms with Crippen LogP contribution in [-0.4, -0.2) is 56.9 Å². The molecule has 3 heterocycles. The van der Waals surface area contributed by atoms with E-state index in [1.807, 2.05) is 6.07 Å². The Morgan fingerprint density at radius 2 is 2.00 bits per heavy atom. The van der Waals surface area contributed by atoms with Gasteiger partial charge < -0.3 is 4.90 Å². The van der Waals surface area contributed by atoms with Crippen LogP contribution in [0, 0.1) is 0 Å². The van der Waals surface area contributed by atoms with Crippen molar-refractivity contribution in [2.24, 2.45) is 0 Å². The molecule has 0 spiro atoms. The van der Waals surface area contributed by atoms with Crippen molar-refractivity contribution in [1.29, 1.82) is 0 Å². The summed E-state index contributed by atoms with van der Waals surface area (Å²) in [6.07, 6.45) is 11.4. The van der Waals surface area contributed by atoms with Gasteiger partial charge in [-0.2, -0.15) is 0 Å². The van der Waals surface area contributed by atoms with Gasteiger partial charge in [-0.15, -0.1) is 0 Å². The first kappa shape index (κ1) is 19.1. The molecule has 148 valence electrons. The van der Waals surface area contributed by atoms with Gasteiger partial charge in [-0.05, 0) is 51.8 Å². The number of aromatic nitrogens is 2. The zero-order chi connectivity index (χ0) is 19.6. The van der Waals surface area contributed by atoms with Crippen LogP contribution in [0.2, 0.25) is 0 Å². The summed E-state index contributed by atoms with van der Waals surface area (Å²) in [5, 5.41) is 0. The Morgan fingerprint density at radius 1 is 1.18 bits per heavy atom. The third-order valence-electron chi connectivity index (χ3n) is 6.77. The van der Waals surface area contributed by atoms with E-state index in [4.69, 9.17) is 0 Å². The van der Waals surface area contributed by atoms with Crippen molar-refractivity contribution >= 4 is 5.91 Å². The van der Waals surface area contributed by atoms with Gasteiger partial charge in [-0.25, -0.2) is 4.98 Å². The minimum atomic E-state index is -0.00225. The first-order chi connectivity index (χ1) is 13.6. The van der Waals surface area contributed by atoms with Crippen molar-refractivity contribution in [2.45, 2.75) is 63.1 Å². The Balaban J connectivity index is 1.71. The second kappa shape index (κ2) is 8.00. The van der Waals surface area contributed by atoms with Gasteiger partial charge in [0.15, 0.2) is 0 Å². The summed E-state index contributed by atoms with van der Waals surface area (Å²) in [5.41, 5.74) is 1.73. The van der Waals surface area contributed by atoms with Crippen LogP contribution in [0.4, 0.5) is 0 Å². The Bertz CT molecular complexity index is 797. The highest BCUT2D eigenvalue weighted by molar-refractivity contribution is 5.92. The van der Waals surface area contributed by atoms with Crippen molar-refractivity contribution in [3.8, 4) is 0 Å². The van der Waals surface area contributed by atoms with Gasteiger partial charge in [0.25, 0.3) is 5.91 Å². The number of amides is 1. The Morgan fingerprint density at radius 3 is 2.75 bits per heavy atom. The topological polar surface area (TPSA) is 49.3 Å². The molecule has 2 aliphatic heterocycles. The monoisotopic (exact) mass is 378 g/mol. The van der Waals surface area contributed by atoms with Crippen molar-refractivity contribution in [2.75, 3.05) is 13.6 Å². The molecule has 2 fully saturated rings. The number of rotatable bonds is 3. The van der Waals surface area contributed by atoms with E-state index in [1.54, 1.807) is 18.6 Å². The molecule has 2 saturated heterocycles. The predicted molar refractivity (Wildman–Crippen MR) is 110 cm³/mol. The fourth-order valence-corrected chi connectivity index (χ4v) is 5.15. The highest BCUT2D eigenvalue weighted by Crippen LogP contribution is 2.42. The molecule has 0 aliphatic carbocycles. The van der Waals surface area contributed by atoms with E-state index in [1.165, 1.54) is 24.8 Å². The summed E-state index contributed by atoms with van der Waals surface area (Å²) in [6.45, 7) is 3.45. The molecule has 5 heteroatoms. The lowest BCUT2D eigenvalue weighted by atomic mass is 9.84. The normalized spacial score (nSPS) is 28.4. The summed E-state index contributed by atoms with van der Waals surface area (Å²) < 4.78 is 0. The van der Waals surface area contributed by atoms with Gasteiger partial charge in [0.1, 0.15) is 5.69 Å². The van der Waals surface area contributed by atoms with Crippen molar-refractivity contribution in [3.63, 3.8) is 0 Å². The molecule has 0 N–H and O–H groups in total. The number of carbonyl (C=O) groups is 1. The Kier molecular flexibility index (Phi) is 5.44. The van der Waals surface area contributed by atoms with E-state index >= 15 is 0 Å². The first-order valence-electron chi connectivity index (χ1n) is 10.4. The molecule has 5 nitrogen and oxygen atoms in total. The smallest absolute Gasteiger partial charge is 0.274 e. The van der Waals surface area contributed by atoms with Crippen LogP contribution in [0.3, 0.4) is 0 Å². The summed E-state index contributed by atoms with van der Waals surface area (Å²) in [5.74, 6) is 0.0247. The third-order valence-corrected chi connectivity index (χ3v) is 6.77. The summed E-state index contributed by atoms with van der Waals surface area (Å²) in [6, 6.07) is 10.9. The van der Waals surface area contributed by atoms with Gasteiger partial charge in [0.2, 0.25) is 0 Å². The summed E-state index contributed by atoms with van der Waals surface area (Å²) in [7, 11) is 2.23. The molecule has 0 unspecified atom stereocenters. The molecule has 0 radical (unpaired) electrons. The predicted octanol–water partition coefficient (Wildman–Crippen LogP) is 3.57. The lowest BCUT2D eigenvalue weighted by Crippen LogP contribution is -2.55. The second-order valence-corrected chi connectivity index (χ2v) is 8.49. The fraction of sp³-hybridized carbons (Fsp3) is 0.522. The van der Waals surface area contributed by atoms with Crippen molar-refractivity contribution in [1.82, 2.24) is 19.8 Å². The summed E-state index contributed by atoms with van der Waals surface area (Å²) >= 11 is 0. The molecular formula is C23H30N4O. The maximum Gasteiger partial charge on any atom is 0.274 e. The number of carbonyl (C=O) groups excluding carboxylic acids is 1. The van der Waals surface area contributed by atoms with Crippen LogP contribution >= 0.6 is 0 Å². The number of benzene rings is 1. The molecule has 3 atom stereocenters. The molecule has 2 aliphatic rings. The lowest BCUT2D eigenvalue weighted by molar-refractivity contribution is 0.0448. The zero-order valence-electron chi connectivity index (χ0n) is 16.9. The standard InChI is InChI=1S/C23H30N4O/c1-23-16-19(15-18-9-5-3-6-10-18)27(22(28)20-17-24-12-13-25-20)21(23)11-7-4-8-14-26(23)2/h3,5-6,9-10,12-13,17,19,21H,4,7-8,11,14-16H2,1-2H3/t19-,21+,23+/m1/s1. The number of hydrogen-bond acceptors (Lipinski definition) is 4. The number of nitrogens with zero attached hydrogens (tertiary/aromatic N) is 4. The van der Waals surface area contributed by atoms with E-state index in [0.717, 1.165) is 25.8 Å². The Hall–Kier alpha value is -2.27. The third kappa shape index (κ3) is 3.55. The zero-order valence-corrected chi connectivity index (χ0v) is 16.9. The van der Waals surface area contributed by atoms with Gasteiger partial charge in [-0.1, -0.05) is 43.2 Å². The first-order valence-corrected chi connectivity index (χ1v) is 10.4. The van der Waals surface area contributed by atoms with Gasteiger partial charge in [0.05, 0.1) is 12.2 Å². The minimum absolute atomic E-state index is 0.00225. The molecule has 0 bridgehead atoms. The van der Waals surface area contributed by atoms with Crippen molar-refractivity contribution < 1.29 is 4.79 Å². The molecule has 1 amide bonds. The van der Waals surface area contributed by atoms with Crippen LogP contribution in [0.1, 0.15) is 55.1 Å². The lowest BCUT2D eigenvalue weighted by Gasteiger charge is -2.43. The molecule has 1 aromatic heterocycles. The molecule has 1 aromatic carbocycles. The summed E-state index contributed by atoms with van der Waals surface area (Å²) in [4.78, 5) is 26.7. The van der Waals surface area contributed by atoms with Gasteiger partial charge in [-0.3, -0.25) is 14.7 Å². The molecular weight excluding hydrogens is 348 g/mol. The highest BCUT2D eigenvalue weighted by atomic mass is 16.2. The van der Waals surface area contributed by atoms with E-state index in [0.29, 0.717) is 5.69 Å². The maximum absolute atomic E-state index is 13.6. The number of fused-ring (bicyclic) bond motifs is 1. The fourth-order valence-electron chi connectivity index (χ4n) is 5.15. The maximum atomic E-state index is 13.6. The average Bonchev–Trinajstić information content (AvgIpc) is 2.99. The van der Waals surface area contributed by atoms with Gasteiger partial charge >= 0.3 is 0 Å². The average molecular weight is 379 g/mol. The van der Waals surface area contributed by atoms with E-state index < -0.39 is 0 Å². The van der Waals surface area contributed by atoms with Crippen molar-refractivity contribution in [3.05, 3.63) is 60.2 Å². The quantitative estimate of drug-likeness (QED) is 0.819. The largest absolute Gasteiger partial charge is 0.329 e. The minimum Gasteiger partial charge on any atom is -0.329 e. The molecule has 28 heavy (non-hydrogen) atoms. The van der Waals surface area contributed by atoms with E-state index in [-0.39, 0.29) is 23.5 Å². The van der Waals surface area contributed by atoms with Crippen LogP contribution < -0.4 is 0 Å². The van der Waals surface area contributed by atoms with Crippen LogP contribution in [-0.2, 0) is 6.42 Å². The highest BCUT2D eigenvalue weighted by Gasteiger charge is 2.53. The van der Waals surface area contributed by atoms with Crippen LogP contribution in [0.5, 0.6) is 0 Å². The SMILES string of the molecule is CN1CCCCC[C@@H]2N(C(=O)c3cnccn3)[C@H](Cc3ccccc3)C[C@@]21C. The second-order valence-electron chi connectivity index (χ2n) is 8.49. The molecule has 0 saturated carbocycles.